The number of carbonyl (C=O) groups is 2. The molecule has 5 nitrogen and oxygen atoms in total. The summed E-state index contributed by atoms with van der Waals surface area (Å²) in [6.45, 7) is 2.96. The van der Waals surface area contributed by atoms with Crippen LogP contribution in [-0.2, 0) is 11.3 Å². The van der Waals surface area contributed by atoms with Crippen LogP contribution in [0, 0.1) is 6.92 Å². The number of anilines is 1. The lowest BCUT2D eigenvalue weighted by Gasteiger charge is -2.17. The molecule has 2 aromatic rings. The highest BCUT2D eigenvalue weighted by atomic mass is 79.9. The Hall–Kier alpha value is -1.95. The molecule has 0 aliphatic carbocycles. The van der Waals surface area contributed by atoms with E-state index in [1.807, 2.05) is 23.8 Å². The van der Waals surface area contributed by atoms with Gasteiger partial charge in [-0.15, -0.1) is 0 Å². The number of Topliss-reactive ketones (excluding diaryl/α,β-unsaturated/α-hetero) is 1. The summed E-state index contributed by atoms with van der Waals surface area (Å²) in [4.78, 5) is 29.8. The number of aromatic nitrogens is 2. The molecule has 0 unspecified atom stereocenters. The second-order valence-electron chi connectivity index (χ2n) is 4.59. The Morgan fingerprint density at radius 3 is 2.75 bits per heavy atom. The molecule has 0 bridgehead atoms. The van der Waals surface area contributed by atoms with Crippen LogP contribution >= 0.6 is 15.9 Å². The van der Waals surface area contributed by atoms with E-state index in [9.17, 15) is 9.59 Å². The van der Waals surface area contributed by atoms with Crippen LogP contribution in [0.15, 0.2) is 35.1 Å². The van der Waals surface area contributed by atoms with Crippen LogP contribution in [0.25, 0.3) is 0 Å². The maximum atomic E-state index is 12.1. The van der Waals surface area contributed by atoms with Gasteiger partial charge >= 0.3 is 0 Å². The minimum atomic E-state index is -0.468. The minimum absolute atomic E-state index is 0.449. The summed E-state index contributed by atoms with van der Waals surface area (Å²) in [6, 6.07) is 5.39. The van der Waals surface area contributed by atoms with Gasteiger partial charge in [0.05, 0.1) is 11.3 Å². The monoisotopic (exact) mass is 333 g/mol. The number of benzene rings is 1. The summed E-state index contributed by atoms with van der Waals surface area (Å²) >= 11 is 3.33. The van der Waals surface area contributed by atoms with Gasteiger partial charge in [-0.3, -0.25) is 9.59 Å². The summed E-state index contributed by atoms with van der Waals surface area (Å²) < 4.78 is 2.61. The number of rotatable bonds is 3. The van der Waals surface area contributed by atoms with Crippen molar-refractivity contribution in [3.63, 3.8) is 0 Å². The molecule has 2 heterocycles. The normalized spacial score (nSPS) is 14.0. The lowest BCUT2D eigenvalue weighted by atomic mass is 10.1. The molecular formula is C14H12BrN3O2. The number of nitrogens with zero attached hydrogens (tertiary/aromatic N) is 3. The Kier molecular flexibility index (Phi) is 3.17. The average Bonchev–Trinajstić information content (AvgIpc) is 2.93. The first-order valence-corrected chi connectivity index (χ1v) is 7.01. The van der Waals surface area contributed by atoms with Crippen molar-refractivity contribution in [1.82, 2.24) is 9.55 Å². The Morgan fingerprint density at radius 2 is 2.05 bits per heavy atom. The van der Waals surface area contributed by atoms with Crippen molar-refractivity contribution in [2.45, 2.75) is 13.5 Å². The number of imidazole rings is 1. The number of ketones is 1. The minimum Gasteiger partial charge on any atom is -0.333 e. The predicted molar refractivity (Wildman–Crippen MR) is 77.8 cm³/mol. The standard InChI is InChI=1S/C14H12BrN3O2/c1-9-16-5-6-17(9)7-8-18-11-4-2-3-10(15)12(11)13(19)14(18)20/h2-6H,7-8H2,1H3. The summed E-state index contributed by atoms with van der Waals surface area (Å²) in [6.07, 6.45) is 3.58. The zero-order chi connectivity index (χ0) is 14.3. The fraction of sp³-hybridized carbons (Fsp3) is 0.214. The third-order valence-corrected chi connectivity index (χ3v) is 4.10. The van der Waals surface area contributed by atoms with Crippen molar-refractivity contribution in [2.75, 3.05) is 11.4 Å². The fourth-order valence-electron chi connectivity index (χ4n) is 2.37. The molecule has 1 aromatic carbocycles. The molecule has 0 atom stereocenters. The topological polar surface area (TPSA) is 55.2 Å². The molecule has 0 fully saturated rings. The van der Waals surface area contributed by atoms with E-state index >= 15 is 0 Å². The zero-order valence-corrected chi connectivity index (χ0v) is 12.4. The Bertz CT molecular complexity index is 708. The van der Waals surface area contributed by atoms with Gasteiger partial charge in [-0.1, -0.05) is 6.07 Å². The highest BCUT2D eigenvalue weighted by molar-refractivity contribution is 9.10. The largest absolute Gasteiger partial charge is 0.333 e. The van der Waals surface area contributed by atoms with Gasteiger partial charge in [-0.05, 0) is 35.0 Å². The molecule has 20 heavy (non-hydrogen) atoms. The second-order valence-corrected chi connectivity index (χ2v) is 5.44. The average molecular weight is 334 g/mol. The number of hydrogen-bond acceptors (Lipinski definition) is 3. The Morgan fingerprint density at radius 1 is 1.25 bits per heavy atom. The van der Waals surface area contributed by atoms with Crippen molar-refractivity contribution < 1.29 is 9.59 Å². The third-order valence-electron chi connectivity index (χ3n) is 3.44. The van der Waals surface area contributed by atoms with E-state index in [-0.39, 0.29) is 0 Å². The van der Waals surface area contributed by atoms with E-state index in [1.54, 1.807) is 18.3 Å². The first-order valence-electron chi connectivity index (χ1n) is 6.22. The van der Waals surface area contributed by atoms with Gasteiger partial charge in [-0.25, -0.2) is 4.98 Å². The van der Waals surface area contributed by atoms with Crippen LogP contribution in [0.5, 0.6) is 0 Å². The highest BCUT2D eigenvalue weighted by Gasteiger charge is 2.36. The van der Waals surface area contributed by atoms with Crippen LogP contribution in [-0.4, -0.2) is 27.8 Å². The first-order chi connectivity index (χ1) is 9.59. The van der Waals surface area contributed by atoms with Gasteiger partial charge in [0, 0.05) is 30.0 Å². The van der Waals surface area contributed by atoms with Gasteiger partial charge in [0.15, 0.2) is 0 Å². The predicted octanol–water partition coefficient (Wildman–Crippen LogP) is 2.18. The molecule has 6 heteroatoms. The van der Waals surface area contributed by atoms with E-state index in [2.05, 4.69) is 20.9 Å². The van der Waals surface area contributed by atoms with Crippen molar-refractivity contribution in [3.8, 4) is 0 Å². The van der Waals surface area contributed by atoms with Crippen molar-refractivity contribution in [3.05, 3.63) is 46.5 Å². The Labute approximate surface area is 124 Å². The van der Waals surface area contributed by atoms with Gasteiger partial charge in [0.1, 0.15) is 5.82 Å². The summed E-state index contributed by atoms with van der Waals surface area (Å²) in [5.74, 6) is -0.0306. The molecule has 1 aromatic heterocycles. The maximum absolute atomic E-state index is 12.1. The smallest absolute Gasteiger partial charge is 0.299 e. The van der Waals surface area contributed by atoms with Crippen LogP contribution in [0.3, 0.4) is 0 Å². The van der Waals surface area contributed by atoms with Gasteiger partial charge in [-0.2, -0.15) is 0 Å². The molecule has 3 rings (SSSR count). The van der Waals surface area contributed by atoms with Crippen molar-refractivity contribution >= 4 is 33.3 Å². The van der Waals surface area contributed by atoms with E-state index in [0.717, 1.165) is 5.82 Å². The van der Waals surface area contributed by atoms with Gasteiger partial charge in [0.2, 0.25) is 0 Å². The molecule has 0 radical (unpaired) electrons. The number of halogens is 1. The van der Waals surface area contributed by atoms with Crippen LogP contribution < -0.4 is 4.90 Å². The van der Waals surface area contributed by atoms with Crippen molar-refractivity contribution in [1.29, 1.82) is 0 Å². The zero-order valence-electron chi connectivity index (χ0n) is 10.8. The highest BCUT2D eigenvalue weighted by Crippen LogP contribution is 2.34. The molecule has 1 amide bonds. The van der Waals surface area contributed by atoms with Gasteiger partial charge in [0.25, 0.3) is 11.7 Å². The molecule has 0 spiro atoms. The number of aryl methyl sites for hydroxylation is 1. The molecule has 0 saturated heterocycles. The molecule has 1 aliphatic rings. The van der Waals surface area contributed by atoms with Crippen molar-refractivity contribution in [2.24, 2.45) is 0 Å². The number of carbonyl (C=O) groups excluding carboxylic acids is 2. The number of hydrogen-bond donors (Lipinski definition) is 0. The van der Waals surface area contributed by atoms with Crippen LogP contribution in [0.2, 0.25) is 0 Å². The van der Waals surface area contributed by atoms with E-state index < -0.39 is 11.7 Å². The van der Waals surface area contributed by atoms with E-state index in [4.69, 9.17) is 0 Å². The van der Waals surface area contributed by atoms with Crippen LogP contribution in [0.1, 0.15) is 16.2 Å². The molecule has 1 aliphatic heterocycles. The molecule has 0 N–H and O–H groups in total. The Balaban J connectivity index is 1.88. The molecule has 102 valence electrons. The number of amides is 1. The van der Waals surface area contributed by atoms with E-state index in [0.29, 0.717) is 28.8 Å². The summed E-state index contributed by atoms with van der Waals surface area (Å²) in [7, 11) is 0. The SMILES string of the molecule is Cc1nccn1CCN1C(=O)C(=O)c2c(Br)cccc21. The lowest BCUT2D eigenvalue weighted by molar-refractivity contribution is -0.114. The fourth-order valence-corrected chi connectivity index (χ4v) is 2.91. The molecular weight excluding hydrogens is 322 g/mol. The second kappa shape index (κ2) is 4.86. The molecule has 0 saturated carbocycles. The third kappa shape index (κ3) is 1.96. The van der Waals surface area contributed by atoms with E-state index in [1.165, 1.54) is 4.90 Å². The van der Waals surface area contributed by atoms with Gasteiger partial charge < -0.3 is 9.47 Å². The quantitative estimate of drug-likeness (QED) is 0.809. The summed E-state index contributed by atoms with van der Waals surface area (Å²) in [5.41, 5.74) is 1.13. The lowest BCUT2D eigenvalue weighted by Crippen LogP contribution is -2.32. The van der Waals surface area contributed by atoms with Crippen LogP contribution in [0.4, 0.5) is 5.69 Å². The maximum Gasteiger partial charge on any atom is 0.299 e. The first kappa shape index (κ1) is 13.1. The summed E-state index contributed by atoms with van der Waals surface area (Å²) in [5, 5.41) is 0. The number of fused-ring (bicyclic) bond motifs is 1.